The van der Waals surface area contributed by atoms with Crippen LogP contribution in [0.25, 0.3) is 11.4 Å². The summed E-state index contributed by atoms with van der Waals surface area (Å²) in [6.45, 7) is 0.385. The SMILES string of the molecule is Cn1c(-c2ccc(Cl)c(Cl)c2)nc(CN)c1Br. The maximum absolute atomic E-state index is 5.99. The lowest BCUT2D eigenvalue weighted by Gasteiger charge is -2.03. The topological polar surface area (TPSA) is 43.8 Å². The third-order valence-electron chi connectivity index (χ3n) is 2.46. The van der Waals surface area contributed by atoms with Gasteiger partial charge in [-0.2, -0.15) is 0 Å². The molecule has 1 heterocycles. The molecule has 0 amide bonds. The third-order valence-corrected chi connectivity index (χ3v) is 4.19. The first kappa shape index (κ1) is 12.9. The molecule has 2 aromatic rings. The van der Waals surface area contributed by atoms with Crippen molar-refractivity contribution in [3.63, 3.8) is 0 Å². The summed E-state index contributed by atoms with van der Waals surface area (Å²) in [6.07, 6.45) is 0. The van der Waals surface area contributed by atoms with Crippen LogP contribution in [0, 0.1) is 0 Å². The van der Waals surface area contributed by atoms with E-state index in [1.165, 1.54) is 0 Å². The number of halogens is 3. The lowest BCUT2D eigenvalue weighted by molar-refractivity contribution is 0.893. The molecule has 1 aromatic carbocycles. The first-order chi connectivity index (χ1) is 8.04. The summed E-state index contributed by atoms with van der Waals surface area (Å²) in [5.74, 6) is 0.802. The largest absolute Gasteiger partial charge is 0.325 e. The van der Waals surface area contributed by atoms with E-state index < -0.39 is 0 Å². The van der Waals surface area contributed by atoms with Crippen LogP contribution in [0.4, 0.5) is 0 Å². The van der Waals surface area contributed by atoms with Crippen molar-refractivity contribution in [2.24, 2.45) is 12.8 Å². The normalized spacial score (nSPS) is 10.9. The van der Waals surface area contributed by atoms with Gasteiger partial charge in [0.15, 0.2) is 0 Å². The van der Waals surface area contributed by atoms with E-state index in [2.05, 4.69) is 20.9 Å². The maximum atomic E-state index is 5.99. The average Bonchev–Trinajstić information content (AvgIpc) is 2.60. The number of nitrogens with two attached hydrogens (primary N) is 1. The van der Waals surface area contributed by atoms with Gasteiger partial charge in [-0.15, -0.1) is 0 Å². The van der Waals surface area contributed by atoms with Gasteiger partial charge in [0.2, 0.25) is 0 Å². The summed E-state index contributed by atoms with van der Waals surface area (Å²) in [5.41, 5.74) is 7.33. The predicted octanol–water partition coefficient (Wildman–Crippen LogP) is 3.62. The molecular weight excluding hydrogens is 325 g/mol. The summed E-state index contributed by atoms with van der Waals surface area (Å²) >= 11 is 15.3. The second kappa shape index (κ2) is 4.98. The van der Waals surface area contributed by atoms with Crippen LogP contribution in [-0.2, 0) is 13.6 Å². The molecule has 17 heavy (non-hydrogen) atoms. The van der Waals surface area contributed by atoms with Gasteiger partial charge in [-0.05, 0) is 34.1 Å². The van der Waals surface area contributed by atoms with Crippen LogP contribution in [-0.4, -0.2) is 9.55 Å². The number of hydrogen-bond acceptors (Lipinski definition) is 2. The van der Waals surface area contributed by atoms with E-state index in [0.717, 1.165) is 21.7 Å². The fourth-order valence-electron chi connectivity index (χ4n) is 1.56. The van der Waals surface area contributed by atoms with Gasteiger partial charge in [-0.3, -0.25) is 0 Å². The zero-order valence-electron chi connectivity index (χ0n) is 9.04. The Morgan fingerprint density at radius 1 is 1.35 bits per heavy atom. The van der Waals surface area contributed by atoms with E-state index in [0.29, 0.717) is 16.6 Å². The molecule has 1 aromatic heterocycles. The molecule has 0 fully saturated rings. The molecule has 3 nitrogen and oxygen atoms in total. The first-order valence-electron chi connectivity index (χ1n) is 4.91. The van der Waals surface area contributed by atoms with Crippen molar-refractivity contribution in [2.45, 2.75) is 6.54 Å². The summed E-state index contributed by atoms with van der Waals surface area (Å²) in [7, 11) is 1.91. The molecule has 0 aliphatic carbocycles. The van der Waals surface area contributed by atoms with Crippen LogP contribution in [0.15, 0.2) is 22.8 Å². The van der Waals surface area contributed by atoms with E-state index in [1.54, 1.807) is 12.1 Å². The summed E-state index contributed by atoms with van der Waals surface area (Å²) in [6, 6.07) is 5.42. The number of imidazole rings is 1. The Morgan fingerprint density at radius 3 is 2.59 bits per heavy atom. The molecule has 0 bridgehead atoms. The molecule has 0 saturated heterocycles. The lowest BCUT2D eigenvalue weighted by Crippen LogP contribution is -1.97. The molecule has 6 heteroatoms. The second-order valence-electron chi connectivity index (χ2n) is 3.56. The molecule has 0 atom stereocenters. The number of aromatic nitrogens is 2. The van der Waals surface area contributed by atoms with Gasteiger partial charge in [-0.1, -0.05) is 23.2 Å². The van der Waals surface area contributed by atoms with Crippen molar-refractivity contribution < 1.29 is 0 Å². The minimum Gasteiger partial charge on any atom is -0.325 e. The molecule has 0 spiro atoms. The predicted molar refractivity (Wildman–Crippen MR) is 74.3 cm³/mol. The molecule has 0 unspecified atom stereocenters. The van der Waals surface area contributed by atoms with Gasteiger partial charge in [0.05, 0.1) is 15.7 Å². The summed E-state index contributed by atoms with van der Waals surface area (Å²) in [5, 5.41) is 1.04. The number of benzene rings is 1. The Bertz CT molecular complexity index is 566. The molecule has 0 aliphatic heterocycles. The molecule has 2 N–H and O–H groups in total. The third kappa shape index (κ3) is 2.36. The quantitative estimate of drug-likeness (QED) is 0.911. The molecule has 2 rings (SSSR count). The van der Waals surface area contributed by atoms with E-state index in [1.807, 2.05) is 17.7 Å². The Morgan fingerprint density at radius 2 is 2.06 bits per heavy atom. The van der Waals surface area contributed by atoms with Gasteiger partial charge in [0.1, 0.15) is 10.4 Å². The molecule has 90 valence electrons. The van der Waals surface area contributed by atoms with Crippen molar-refractivity contribution in [3.8, 4) is 11.4 Å². The fourth-order valence-corrected chi connectivity index (χ4v) is 2.28. The van der Waals surface area contributed by atoms with Crippen LogP contribution in [0.2, 0.25) is 10.0 Å². The average molecular weight is 335 g/mol. The van der Waals surface area contributed by atoms with Crippen LogP contribution < -0.4 is 5.73 Å². The van der Waals surface area contributed by atoms with Crippen molar-refractivity contribution in [2.75, 3.05) is 0 Å². The highest BCUT2D eigenvalue weighted by Gasteiger charge is 2.13. The van der Waals surface area contributed by atoms with Crippen LogP contribution >= 0.6 is 39.1 Å². The van der Waals surface area contributed by atoms with Crippen LogP contribution in [0.5, 0.6) is 0 Å². The van der Waals surface area contributed by atoms with Crippen molar-refractivity contribution in [1.29, 1.82) is 0 Å². The minimum atomic E-state index is 0.385. The second-order valence-corrected chi connectivity index (χ2v) is 5.13. The van der Waals surface area contributed by atoms with Crippen LogP contribution in [0.1, 0.15) is 5.69 Å². The Labute approximate surface area is 118 Å². The molecular formula is C11H10BrCl2N3. The van der Waals surface area contributed by atoms with Gasteiger partial charge < -0.3 is 10.3 Å². The maximum Gasteiger partial charge on any atom is 0.140 e. The van der Waals surface area contributed by atoms with Gasteiger partial charge in [0.25, 0.3) is 0 Å². The first-order valence-corrected chi connectivity index (χ1v) is 6.46. The smallest absolute Gasteiger partial charge is 0.140 e. The molecule has 0 saturated carbocycles. The molecule has 0 radical (unpaired) electrons. The monoisotopic (exact) mass is 333 g/mol. The fraction of sp³-hybridized carbons (Fsp3) is 0.182. The minimum absolute atomic E-state index is 0.385. The highest BCUT2D eigenvalue weighted by molar-refractivity contribution is 9.10. The highest BCUT2D eigenvalue weighted by atomic mass is 79.9. The van der Waals surface area contributed by atoms with Gasteiger partial charge >= 0.3 is 0 Å². The van der Waals surface area contributed by atoms with Crippen molar-refractivity contribution >= 4 is 39.1 Å². The van der Waals surface area contributed by atoms with E-state index >= 15 is 0 Å². The Balaban J connectivity index is 2.56. The number of nitrogens with zero attached hydrogens (tertiary/aromatic N) is 2. The lowest BCUT2D eigenvalue weighted by atomic mass is 10.2. The zero-order chi connectivity index (χ0) is 12.6. The number of rotatable bonds is 2. The van der Waals surface area contributed by atoms with Gasteiger partial charge in [0, 0.05) is 19.2 Å². The van der Waals surface area contributed by atoms with Gasteiger partial charge in [-0.25, -0.2) is 4.98 Å². The van der Waals surface area contributed by atoms with E-state index in [-0.39, 0.29) is 0 Å². The van der Waals surface area contributed by atoms with Crippen LogP contribution in [0.3, 0.4) is 0 Å². The Kier molecular flexibility index (Phi) is 3.78. The summed E-state index contributed by atoms with van der Waals surface area (Å²) in [4.78, 5) is 4.46. The van der Waals surface area contributed by atoms with Crippen molar-refractivity contribution in [3.05, 3.63) is 38.5 Å². The zero-order valence-corrected chi connectivity index (χ0v) is 12.1. The Hall–Kier alpha value is -0.550. The number of hydrogen-bond donors (Lipinski definition) is 1. The summed E-state index contributed by atoms with van der Waals surface area (Å²) < 4.78 is 2.79. The van der Waals surface area contributed by atoms with E-state index in [9.17, 15) is 0 Å². The van der Waals surface area contributed by atoms with Crippen molar-refractivity contribution in [1.82, 2.24) is 9.55 Å². The van der Waals surface area contributed by atoms with E-state index in [4.69, 9.17) is 28.9 Å². The molecule has 0 aliphatic rings. The highest BCUT2D eigenvalue weighted by Crippen LogP contribution is 2.30. The standard InChI is InChI=1S/C11H10BrCl2N3/c1-17-10(12)9(5-15)16-11(17)6-2-3-7(13)8(14)4-6/h2-4H,5,15H2,1H3.